The topological polar surface area (TPSA) is 8.17 Å². The third-order valence-corrected chi connectivity index (χ3v) is 5.54. The van der Waals surface area contributed by atoms with Crippen molar-refractivity contribution in [2.45, 2.75) is 25.7 Å². The summed E-state index contributed by atoms with van der Waals surface area (Å²) in [6.45, 7) is 1.88. The number of nitrogens with zero attached hydrogens (tertiary/aromatic N) is 2. The number of rotatable bonds is 3. The van der Waals surface area contributed by atoms with Gasteiger partial charge in [-0.1, -0.05) is 30.3 Å². The smallest absolute Gasteiger partial charge is 0.180 e. The fraction of sp³-hybridized carbons (Fsp3) is 0.300. The van der Waals surface area contributed by atoms with Crippen molar-refractivity contribution in [2.75, 3.05) is 13.6 Å². The summed E-state index contributed by atoms with van der Waals surface area (Å²) in [4.78, 5) is 2.32. The van der Waals surface area contributed by atoms with Gasteiger partial charge in [0.15, 0.2) is 6.30 Å². The standard InChI is InChI=1S/C20H20FIN2/c1-23-10-9-19-17(13-23)16-12-15(22)7-8-18(16)24(19)20(21)11-14-5-3-2-4-6-14/h2-8,12,20H,9-11,13H2,1H3. The lowest BCUT2D eigenvalue weighted by molar-refractivity contribution is 0.232. The largest absolute Gasteiger partial charge is 0.313 e. The molecule has 124 valence electrons. The summed E-state index contributed by atoms with van der Waals surface area (Å²) in [6.07, 6.45) is 0.299. The van der Waals surface area contributed by atoms with Crippen LogP contribution < -0.4 is 0 Å². The van der Waals surface area contributed by atoms with Crippen LogP contribution in [-0.2, 0) is 19.4 Å². The van der Waals surface area contributed by atoms with Crippen LogP contribution >= 0.6 is 22.6 Å². The van der Waals surface area contributed by atoms with Gasteiger partial charge >= 0.3 is 0 Å². The summed E-state index contributed by atoms with van der Waals surface area (Å²) >= 11 is 2.34. The van der Waals surface area contributed by atoms with Crippen LogP contribution in [0.5, 0.6) is 0 Å². The molecule has 0 saturated carbocycles. The zero-order chi connectivity index (χ0) is 16.7. The van der Waals surface area contributed by atoms with Crippen LogP contribution in [0.25, 0.3) is 10.9 Å². The summed E-state index contributed by atoms with van der Waals surface area (Å²) in [6, 6.07) is 16.3. The van der Waals surface area contributed by atoms with Gasteiger partial charge in [0.2, 0.25) is 0 Å². The highest BCUT2D eigenvalue weighted by Gasteiger charge is 2.26. The molecule has 2 aromatic carbocycles. The van der Waals surface area contributed by atoms with Crippen LogP contribution in [-0.4, -0.2) is 23.1 Å². The average Bonchev–Trinajstić information content (AvgIpc) is 2.89. The molecule has 2 nitrogen and oxygen atoms in total. The van der Waals surface area contributed by atoms with Crippen LogP contribution in [0.2, 0.25) is 0 Å². The Balaban J connectivity index is 1.82. The van der Waals surface area contributed by atoms with Crippen molar-refractivity contribution >= 4 is 33.5 Å². The van der Waals surface area contributed by atoms with Crippen LogP contribution in [0.1, 0.15) is 23.1 Å². The molecule has 4 heteroatoms. The second-order valence-electron chi connectivity index (χ2n) is 6.57. The molecule has 3 aromatic rings. The minimum atomic E-state index is -1.03. The number of hydrogen-bond donors (Lipinski definition) is 0. The Kier molecular flexibility index (Phi) is 4.35. The molecule has 24 heavy (non-hydrogen) atoms. The Morgan fingerprint density at radius 3 is 2.75 bits per heavy atom. The summed E-state index contributed by atoms with van der Waals surface area (Å²) < 4.78 is 18.5. The van der Waals surface area contributed by atoms with Gasteiger partial charge in [0.05, 0.1) is 5.52 Å². The molecule has 0 saturated heterocycles. The van der Waals surface area contributed by atoms with E-state index in [0.29, 0.717) is 6.42 Å². The van der Waals surface area contributed by atoms with Gasteiger partial charge in [-0.25, -0.2) is 4.39 Å². The van der Waals surface area contributed by atoms with Gasteiger partial charge in [-0.3, -0.25) is 0 Å². The second kappa shape index (κ2) is 6.48. The van der Waals surface area contributed by atoms with E-state index >= 15 is 4.39 Å². The second-order valence-corrected chi connectivity index (χ2v) is 7.81. The molecule has 0 bridgehead atoms. The van der Waals surface area contributed by atoms with Crippen LogP contribution in [0.15, 0.2) is 48.5 Å². The first-order valence-electron chi connectivity index (χ1n) is 8.31. The first-order valence-corrected chi connectivity index (χ1v) is 9.39. The van der Waals surface area contributed by atoms with E-state index in [1.165, 1.54) is 20.2 Å². The Labute approximate surface area is 155 Å². The highest BCUT2D eigenvalue weighted by molar-refractivity contribution is 14.1. The van der Waals surface area contributed by atoms with Crippen molar-refractivity contribution in [2.24, 2.45) is 0 Å². The summed E-state index contributed by atoms with van der Waals surface area (Å²) in [5.41, 5.74) is 4.54. The molecule has 1 aliphatic rings. The summed E-state index contributed by atoms with van der Waals surface area (Å²) in [5, 5.41) is 1.21. The Morgan fingerprint density at radius 1 is 1.17 bits per heavy atom. The van der Waals surface area contributed by atoms with Gasteiger partial charge in [-0.15, -0.1) is 0 Å². The van der Waals surface area contributed by atoms with E-state index in [-0.39, 0.29) is 0 Å². The first-order chi connectivity index (χ1) is 11.6. The molecule has 0 spiro atoms. The lowest BCUT2D eigenvalue weighted by atomic mass is 10.1. The maximum absolute atomic E-state index is 15.3. The number of benzene rings is 2. The predicted molar refractivity (Wildman–Crippen MR) is 105 cm³/mol. The maximum atomic E-state index is 15.3. The lowest BCUT2D eigenvalue weighted by Gasteiger charge is -2.25. The molecule has 0 aliphatic carbocycles. The Bertz CT molecular complexity index is 872. The van der Waals surface area contributed by atoms with Gasteiger partial charge in [0.1, 0.15) is 0 Å². The maximum Gasteiger partial charge on any atom is 0.180 e. The molecule has 0 radical (unpaired) electrons. The van der Waals surface area contributed by atoms with Crippen molar-refractivity contribution in [1.82, 2.24) is 9.47 Å². The van der Waals surface area contributed by atoms with E-state index in [1.54, 1.807) is 0 Å². The highest BCUT2D eigenvalue weighted by atomic mass is 127. The number of halogens is 2. The molecule has 0 fully saturated rings. The van der Waals surface area contributed by atoms with Gasteiger partial charge in [0.25, 0.3) is 0 Å². The number of alkyl halides is 1. The molecule has 2 heterocycles. The monoisotopic (exact) mass is 434 g/mol. The Morgan fingerprint density at radius 2 is 1.96 bits per heavy atom. The third kappa shape index (κ3) is 2.86. The molecule has 0 amide bonds. The minimum absolute atomic E-state index is 0.416. The van der Waals surface area contributed by atoms with Gasteiger partial charge in [-0.2, -0.15) is 0 Å². The lowest BCUT2D eigenvalue weighted by Crippen LogP contribution is -2.27. The van der Waals surface area contributed by atoms with Crippen LogP contribution in [0.3, 0.4) is 0 Å². The van der Waals surface area contributed by atoms with E-state index in [4.69, 9.17) is 0 Å². The van der Waals surface area contributed by atoms with Crippen molar-refractivity contribution in [3.8, 4) is 0 Å². The minimum Gasteiger partial charge on any atom is -0.313 e. The van der Waals surface area contributed by atoms with E-state index < -0.39 is 6.30 Å². The van der Waals surface area contributed by atoms with Crippen LogP contribution in [0.4, 0.5) is 4.39 Å². The molecule has 1 unspecified atom stereocenters. The Hall–Kier alpha value is -1.40. The number of aromatic nitrogens is 1. The van der Waals surface area contributed by atoms with Crippen molar-refractivity contribution in [3.05, 3.63) is 68.9 Å². The SMILES string of the molecule is CN1CCc2c(c3cc(I)ccc3n2C(F)Cc2ccccc2)C1. The first kappa shape index (κ1) is 16.1. The van der Waals surface area contributed by atoms with Gasteiger partial charge in [0, 0.05) is 40.6 Å². The van der Waals surface area contributed by atoms with E-state index in [2.05, 4.69) is 52.7 Å². The number of likely N-dealkylation sites (N-methyl/N-ethyl adjacent to an activating group) is 1. The summed E-state index contributed by atoms with van der Waals surface area (Å²) in [7, 11) is 2.14. The summed E-state index contributed by atoms with van der Waals surface area (Å²) in [5.74, 6) is 0. The molecular weight excluding hydrogens is 414 g/mol. The fourth-order valence-corrected chi connectivity index (χ4v) is 4.21. The van der Waals surface area contributed by atoms with E-state index in [1.807, 2.05) is 34.9 Å². The van der Waals surface area contributed by atoms with Gasteiger partial charge < -0.3 is 9.47 Å². The number of hydrogen-bond acceptors (Lipinski definition) is 1. The van der Waals surface area contributed by atoms with Gasteiger partial charge in [-0.05, 0) is 59.0 Å². The van der Waals surface area contributed by atoms with Crippen molar-refractivity contribution < 1.29 is 4.39 Å². The molecule has 4 rings (SSSR count). The molecule has 1 atom stereocenters. The normalized spacial score (nSPS) is 16.3. The van der Waals surface area contributed by atoms with Crippen molar-refractivity contribution in [3.63, 3.8) is 0 Å². The van der Waals surface area contributed by atoms with Crippen molar-refractivity contribution in [1.29, 1.82) is 0 Å². The van der Waals surface area contributed by atoms with E-state index in [9.17, 15) is 0 Å². The number of fused-ring (bicyclic) bond motifs is 3. The molecule has 1 aliphatic heterocycles. The third-order valence-electron chi connectivity index (χ3n) is 4.87. The molecular formula is C20H20FIN2. The average molecular weight is 434 g/mol. The van der Waals surface area contributed by atoms with Crippen LogP contribution in [0, 0.1) is 3.57 Å². The predicted octanol–water partition coefficient (Wildman–Crippen LogP) is 4.94. The highest BCUT2D eigenvalue weighted by Crippen LogP contribution is 2.35. The molecule has 0 N–H and O–H groups in total. The quantitative estimate of drug-likeness (QED) is 0.530. The fourth-order valence-electron chi connectivity index (χ4n) is 3.72. The zero-order valence-corrected chi connectivity index (χ0v) is 15.8. The van der Waals surface area contributed by atoms with E-state index in [0.717, 1.165) is 30.6 Å². The zero-order valence-electron chi connectivity index (χ0n) is 13.7. The molecule has 1 aromatic heterocycles.